The van der Waals surface area contributed by atoms with Crippen molar-refractivity contribution in [2.75, 3.05) is 0 Å². The second-order valence-corrected chi connectivity index (χ2v) is 10.6. The van der Waals surface area contributed by atoms with Gasteiger partial charge in [0.05, 0.1) is 12.2 Å². The van der Waals surface area contributed by atoms with Gasteiger partial charge in [-0.3, -0.25) is 14.1 Å². The van der Waals surface area contributed by atoms with E-state index in [-0.39, 0.29) is 5.69 Å². The van der Waals surface area contributed by atoms with Crippen LogP contribution in [0.3, 0.4) is 0 Å². The minimum atomic E-state index is 0.00387. The number of aromatic nitrogens is 7. The summed E-state index contributed by atoms with van der Waals surface area (Å²) >= 11 is 0. The zero-order valence-electron chi connectivity index (χ0n) is 23.2. The molecular weight excluding hydrogens is 486 g/mol. The van der Waals surface area contributed by atoms with Crippen LogP contribution in [0.2, 0.25) is 0 Å². The molecule has 0 radical (unpaired) electrons. The van der Waals surface area contributed by atoms with Crippen LogP contribution in [-0.2, 0) is 13.0 Å². The van der Waals surface area contributed by atoms with Gasteiger partial charge in [-0.05, 0) is 51.8 Å². The van der Waals surface area contributed by atoms with Crippen molar-refractivity contribution in [3.05, 3.63) is 100.0 Å². The van der Waals surface area contributed by atoms with Gasteiger partial charge in [-0.25, -0.2) is 4.79 Å². The fourth-order valence-electron chi connectivity index (χ4n) is 5.17. The Morgan fingerprint density at radius 3 is 2.26 bits per heavy atom. The van der Waals surface area contributed by atoms with Crippen LogP contribution in [0.5, 0.6) is 0 Å². The van der Waals surface area contributed by atoms with Crippen LogP contribution in [0.25, 0.3) is 28.2 Å². The van der Waals surface area contributed by atoms with Crippen molar-refractivity contribution < 1.29 is 0 Å². The lowest BCUT2D eigenvalue weighted by molar-refractivity contribution is 0.688. The van der Waals surface area contributed by atoms with Crippen LogP contribution >= 0.6 is 0 Å². The van der Waals surface area contributed by atoms with E-state index in [9.17, 15) is 4.79 Å². The van der Waals surface area contributed by atoms with Crippen LogP contribution in [-0.4, -0.2) is 34.7 Å². The van der Waals surface area contributed by atoms with Crippen molar-refractivity contribution in [3.63, 3.8) is 0 Å². The number of pyridine rings is 1. The number of rotatable bonds is 9. The van der Waals surface area contributed by atoms with Crippen LogP contribution in [0.1, 0.15) is 75.3 Å². The molecule has 0 aliphatic heterocycles. The standard InChI is InChI=1S/C31H35N7O/c1-6-8-24-19-38(29-25(20(2)3)9-7-10-26(29)21(4)5)31(39)37(24)18-22-11-13-23(14-12-22)28-17-32-16-15-27(28)30-33-35-36-34-30/h7,9-17,19-21H,6,8,18H2,1-5H3,(H,33,34,35,36). The highest BCUT2D eigenvalue weighted by Crippen LogP contribution is 2.31. The fourth-order valence-corrected chi connectivity index (χ4v) is 5.17. The first kappa shape index (κ1) is 26.3. The third-order valence-corrected chi connectivity index (χ3v) is 7.16. The van der Waals surface area contributed by atoms with Gasteiger partial charge >= 0.3 is 5.69 Å². The highest BCUT2D eigenvalue weighted by atomic mass is 16.1. The van der Waals surface area contributed by atoms with Gasteiger partial charge in [0.25, 0.3) is 0 Å². The van der Waals surface area contributed by atoms with Crippen molar-refractivity contribution in [2.24, 2.45) is 0 Å². The summed E-state index contributed by atoms with van der Waals surface area (Å²) in [5.41, 5.74) is 8.31. The predicted molar refractivity (Wildman–Crippen MR) is 154 cm³/mol. The third-order valence-electron chi connectivity index (χ3n) is 7.16. The van der Waals surface area contributed by atoms with Gasteiger partial charge in [0, 0.05) is 35.4 Å². The molecule has 0 aliphatic carbocycles. The number of imidazole rings is 1. The normalized spacial score (nSPS) is 11.6. The van der Waals surface area contributed by atoms with E-state index in [1.54, 1.807) is 6.20 Å². The average molecular weight is 522 g/mol. The number of H-pyrrole nitrogens is 1. The van der Waals surface area contributed by atoms with Crippen LogP contribution in [0.15, 0.2) is 71.9 Å². The molecule has 0 unspecified atom stereocenters. The van der Waals surface area contributed by atoms with E-state index in [4.69, 9.17) is 0 Å². The number of para-hydroxylation sites is 1. The summed E-state index contributed by atoms with van der Waals surface area (Å²) in [4.78, 5) is 18.3. The van der Waals surface area contributed by atoms with E-state index in [2.05, 4.69) is 109 Å². The lowest BCUT2D eigenvalue weighted by Gasteiger charge is -2.19. The number of aromatic amines is 1. The number of hydrogen-bond donors (Lipinski definition) is 1. The number of benzene rings is 2. The van der Waals surface area contributed by atoms with Crippen molar-refractivity contribution in [1.29, 1.82) is 0 Å². The average Bonchev–Trinajstić information content (AvgIpc) is 3.58. The number of hydrogen-bond acceptors (Lipinski definition) is 5. The topological polar surface area (TPSA) is 94.3 Å². The number of tetrazole rings is 1. The van der Waals surface area contributed by atoms with Crippen molar-refractivity contribution in [2.45, 2.75) is 65.8 Å². The maximum Gasteiger partial charge on any atom is 0.333 e. The highest BCUT2D eigenvalue weighted by molar-refractivity contribution is 5.79. The number of nitrogens with one attached hydrogen (secondary N) is 1. The van der Waals surface area contributed by atoms with Gasteiger partial charge in [0.2, 0.25) is 5.82 Å². The molecule has 0 saturated carbocycles. The minimum Gasteiger partial charge on any atom is -0.292 e. The molecule has 0 amide bonds. The van der Waals surface area contributed by atoms with E-state index in [1.807, 2.05) is 21.4 Å². The van der Waals surface area contributed by atoms with E-state index in [0.717, 1.165) is 46.5 Å². The second-order valence-electron chi connectivity index (χ2n) is 10.6. The zero-order valence-corrected chi connectivity index (χ0v) is 23.2. The van der Waals surface area contributed by atoms with E-state index < -0.39 is 0 Å². The molecule has 0 spiro atoms. The molecule has 2 aromatic carbocycles. The Morgan fingerprint density at radius 1 is 0.923 bits per heavy atom. The molecule has 5 aromatic rings. The minimum absolute atomic E-state index is 0.00387. The van der Waals surface area contributed by atoms with E-state index in [0.29, 0.717) is 24.2 Å². The maximum absolute atomic E-state index is 14.0. The molecule has 39 heavy (non-hydrogen) atoms. The molecule has 8 heteroatoms. The van der Waals surface area contributed by atoms with Gasteiger partial charge in [-0.1, -0.05) is 83.5 Å². The Morgan fingerprint density at radius 2 is 1.64 bits per heavy atom. The Balaban J connectivity index is 1.53. The summed E-state index contributed by atoms with van der Waals surface area (Å²) in [5.74, 6) is 1.14. The summed E-state index contributed by atoms with van der Waals surface area (Å²) in [5, 5.41) is 14.5. The Hall–Kier alpha value is -4.33. The number of aryl methyl sites for hydroxylation is 1. The molecule has 1 N–H and O–H groups in total. The van der Waals surface area contributed by atoms with Gasteiger partial charge in [-0.15, -0.1) is 10.2 Å². The summed E-state index contributed by atoms with van der Waals surface area (Å²) in [6.45, 7) is 11.4. The van der Waals surface area contributed by atoms with Crippen molar-refractivity contribution in [3.8, 4) is 28.2 Å². The Kier molecular flexibility index (Phi) is 7.54. The smallest absolute Gasteiger partial charge is 0.292 e. The van der Waals surface area contributed by atoms with Crippen molar-refractivity contribution >= 4 is 0 Å². The third kappa shape index (κ3) is 5.19. The van der Waals surface area contributed by atoms with Gasteiger partial charge in [-0.2, -0.15) is 5.21 Å². The van der Waals surface area contributed by atoms with Gasteiger partial charge in [0.15, 0.2) is 0 Å². The fraction of sp³-hybridized carbons (Fsp3) is 0.323. The molecule has 5 rings (SSSR count). The zero-order chi connectivity index (χ0) is 27.5. The Labute approximate surface area is 228 Å². The van der Waals surface area contributed by atoms with Crippen LogP contribution < -0.4 is 5.69 Å². The van der Waals surface area contributed by atoms with Gasteiger partial charge in [0.1, 0.15) is 0 Å². The Bertz CT molecular complexity index is 1580. The maximum atomic E-state index is 14.0. The first-order valence-electron chi connectivity index (χ1n) is 13.6. The molecule has 3 aromatic heterocycles. The molecule has 8 nitrogen and oxygen atoms in total. The summed E-state index contributed by atoms with van der Waals surface area (Å²) in [7, 11) is 0. The first-order valence-corrected chi connectivity index (χ1v) is 13.6. The quantitative estimate of drug-likeness (QED) is 0.252. The molecule has 3 heterocycles. The lowest BCUT2D eigenvalue weighted by atomic mass is 9.92. The van der Waals surface area contributed by atoms with Gasteiger partial charge < -0.3 is 0 Å². The predicted octanol–water partition coefficient (Wildman–Crippen LogP) is 6.13. The molecule has 0 aliphatic rings. The largest absolute Gasteiger partial charge is 0.333 e. The SMILES string of the molecule is CCCc1cn(-c2c(C(C)C)cccc2C(C)C)c(=O)n1Cc1ccc(-c2cnccc2-c2nn[nH]n2)cc1. The lowest BCUT2D eigenvalue weighted by Crippen LogP contribution is -2.26. The second kappa shape index (κ2) is 11.2. The molecule has 0 bridgehead atoms. The first-order chi connectivity index (χ1) is 18.9. The van der Waals surface area contributed by atoms with E-state index >= 15 is 0 Å². The molecule has 0 atom stereocenters. The van der Waals surface area contributed by atoms with Crippen molar-refractivity contribution in [1.82, 2.24) is 34.7 Å². The number of nitrogens with zero attached hydrogens (tertiary/aromatic N) is 6. The van der Waals surface area contributed by atoms with Crippen LogP contribution in [0.4, 0.5) is 0 Å². The molecule has 0 fully saturated rings. The van der Waals surface area contributed by atoms with E-state index in [1.165, 1.54) is 11.1 Å². The monoisotopic (exact) mass is 521 g/mol. The highest BCUT2D eigenvalue weighted by Gasteiger charge is 2.20. The van der Waals surface area contributed by atoms with Crippen LogP contribution in [0, 0.1) is 0 Å². The summed E-state index contributed by atoms with van der Waals surface area (Å²) < 4.78 is 3.81. The molecular formula is C31H35N7O. The molecule has 0 saturated heterocycles. The summed E-state index contributed by atoms with van der Waals surface area (Å²) in [6.07, 6.45) is 7.39. The molecule has 200 valence electrons. The summed E-state index contributed by atoms with van der Waals surface area (Å²) in [6, 6.07) is 16.5.